The fraction of sp³-hybridized carbons (Fsp3) is 0.640. The van der Waals surface area contributed by atoms with Gasteiger partial charge in [0.2, 0.25) is 0 Å². The molecule has 1 saturated heterocycles. The van der Waals surface area contributed by atoms with Crippen molar-refractivity contribution in [1.82, 2.24) is 19.3 Å². The second kappa shape index (κ2) is 9.63. The van der Waals surface area contributed by atoms with Crippen molar-refractivity contribution in [3.63, 3.8) is 0 Å². The van der Waals surface area contributed by atoms with Gasteiger partial charge in [0, 0.05) is 57.4 Å². The first kappa shape index (κ1) is 21.5. The minimum absolute atomic E-state index is 0.185. The molecule has 1 aromatic carbocycles. The summed E-state index contributed by atoms with van der Waals surface area (Å²) in [4.78, 5) is 20.7. The summed E-state index contributed by atoms with van der Waals surface area (Å²) in [6.07, 6.45) is 6.96. The molecule has 30 heavy (non-hydrogen) atoms. The summed E-state index contributed by atoms with van der Waals surface area (Å²) in [5.41, 5.74) is 3.39. The molecular formula is C25H38N4O. The maximum absolute atomic E-state index is 13.4. The first-order valence-electron chi connectivity index (χ1n) is 11.8. The van der Waals surface area contributed by atoms with Crippen LogP contribution in [-0.4, -0.2) is 72.1 Å². The molecule has 2 heterocycles. The molecule has 5 heteroatoms. The van der Waals surface area contributed by atoms with Crippen molar-refractivity contribution in [3.8, 4) is 0 Å². The lowest BCUT2D eigenvalue weighted by molar-refractivity contribution is 0.0753. The van der Waals surface area contributed by atoms with Gasteiger partial charge in [-0.1, -0.05) is 31.4 Å². The largest absolute Gasteiger partial charge is 0.308 e. The summed E-state index contributed by atoms with van der Waals surface area (Å²) in [6, 6.07) is 9.40. The van der Waals surface area contributed by atoms with E-state index < -0.39 is 0 Å². The van der Waals surface area contributed by atoms with Crippen LogP contribution < -0.4 is 5.56 Å². The molecule has 0 unspecified atom stereocenters. The molecule has 4 rings (SSSR count). The number of nitrogens with zero attached hydrogens (tertiary/aromatic N) is 4. The summed E-state index contributed by atoms with van der Waals surface area (Å²) in [5.74, 6) is 0. The van der Waals surface area contributed by atoms with E-state index in [0.717, 1.165) is 62.9 Å². The molecule has 0 radical (unpaired) electrons. The average Bonchev–Trinajstić information content (AvgIpc) is 2.75. The Labute approximate surface area is 181 Å². The van der Waals surface area contributed by atoms with Gasteiger partial charge in [0.15, 0.2) is 0 Å². The number of piperazine rings is 1. The van der Waals surface area contributed by atoms with Crippen LogP contribution in [0.2, 0.25) is 0 Å². The SMILES string of the molecule is Cc1ccc2cc(CN3CCN(C4CCCCC4)CC3)c(=O)n(CCN(C)C)c2c1. The molecule has 164 valence electrons. The summed E-state index contributed by atoms with van der Waals surface area (Å²) in [7, 11) is 4.13. The van der Waals surface area contributed by atoms with Crippen LogP contribution in [0, 0.1) is 6.92 Å². The Bertz CT molecular complexity index is 905. The van der Waals surface area contributed by atoms with E-state index in [4.69, 9.17) is 0 Å². The van der Waals surface area contributed by atoms with Crippen LogP contribution in [-0.2, 0) is 13.1 Å². The molecule has 2 aromatic rings. The topological polar surface area (TPSA) is 31.7 Å². The lowest BCUT2D eigenvalue weighted by Crippen LogP contribution is -2.50. The molecular weight excluding hydrogens is 372 g/mol. The van der Waals surface area contributed by atoms with Gasteiger partial charge in [-0.2, -0.15) is 0 Å². The molecule has 0 bridgehead atoms. The van der Waals surface area contributed by atoms with Gasteiger partial charge in [-0.15, -0.1) is 0 Å². The zero-order chi connectivity index (χ0) is 21.1. The van der Waals surface area contributed by atoms with Crippen LogP contribution >= 0.6 is 0 Å². The lowest BCUT2D eigenvalue weighted by Gasteiger charge is -2.40. The van der Waals surface area contributed by atoms with Gasteiger partial charge in [-0.3, -0.25) is 14.6 Å². The minimum Gasteiger partial charge on any atom is -0.308 e. The molecule has 1 saturated carbocycles. The number of aryl methyl sites for hydroxylation is 1. The molecule has 1 aromatic heterocycles. The molecule has 0 amide bonds. The zero-order valence-corrected chi connectivity index (χ0v) is 19.1. The van der Waals surface area contributed by atoms with Gasteiger partial charge in [0.25, 0.3) is 5.56 Å². The third-order valence-corrected chi connectivity index (χ3v) is 6.99. The third kappa shape index (κ3) is 4.96. The van der Waals surface area contributed by atoms with E-state index in [1.54, 1.807) is 0 Å². The molecule has 0 atom stereocenters. The quantitative estimate of drug-likeness (QED) is 0.731. The van der Waals surface area contributed by atoms with Crippen molar-refractivity contribution < 1.29 is 0 Å². The van der Waals surface area contributed by atoms with Crippen molar-refractivity contribution >= 4 is 10.9 Å². The summed E-state index contributed by atoms with van der Waals surface area (Å²) in [6.45, 7) is 8.89. The second-order valence-corrected chi connectivity index (χ2v) is 9.60. The maximum Gasteiger partial charge on any atom is 0.255 e. The Morgan fingerprint density at radius 1 is 1.00 bits per heavy atom. The number of benzene rings is 1. The number of fused-ring (bicyclic) bond motifs is 1. The van der Waals surface area contributed by atoms with Crippen molar-refractivity contribution in [2.75, 3.05) is 46.8 Å². The predicted octanol–water partition coefficient (Wildman–Crippen LogP) is 3.32. The zero-order valence-electron chi connectivity index (χ0n) is 19.1. The van der Waals surface area contributed by atoms with Crippen LogP contribution in [0.1, 0.15) is 43.2 Å². The van der Waals surface area contributed by atoms with Crippen molar-refractivity contribution in [3.05, 3.63) is 45.7 Å². The van der Waals surface area contributed by atoms with Crippen LogP contribution in [0.4, 0.5) is 0 Å². The predicted molar refractivity (Wildman–Crippen MR) is 125 cm³/mol. The first-order valence-corrected chi connectivity index (χ1v) is 11.8. The van der Waals surface area contributed by atoms with Crippen molar-refractivity contribution in [2.45, 2.75) is 58.2 Å². The number of pyridine rings is 1. The van der Waals surface area contributed by atoms with E-state index >= 15 is 0 Å². The Balaban J connectivity index is 1.50. The maximum atomic E-state index is 13.4. The van der Waals surface area contributed by atoms with E-state index in [1.165, 1.54) is 43.1 Å². The lowest BCUT2D eigenvalue weighted by atomic mass is 9.94. The highest BCUT2D eigenvalue weighted by Crippen LogP contribution is 2.24. The highest BCUT2D eigenvalue weighted by molar-refractivity contribution is 5.80. The second-order valence-electron chi connectivity index (χ2n) is 9.60. The molecule has 1 aliphatic carbocycles. The van der Waals surface area contributed by atoms with E-state index in [-0.39, 0.29) is 5.56 Å². The van der Waals surface area contributed by atoms with E-state index in [1.807, 2.05) is 4.57 Å². The number of hydrogen-bond donors (Lipinski definition) is 0. The average molecular weight is 411 g/mol. The van der Waals surface area contributed by atoms with Gasteiger partial charge >= 0.3 is 0 Å². The number of rotatable bonds is 6. The van der Waals surface area contributed by atoms with E-state index in [9.17, 15) is 4.79 Å². The fourth-order valence-corrected chi connectivity index (χ4v) is 5.15. The normalized spacial score (nSPS) is 19.7. The van der Waals surface area contributed by atoms with Gasteiger partial charge in [0.1, 0.15) is 0 Å². The van der Waals surface area contributed by atoms with Crippen LogP contribution in [0.25, 0.3) is 10.9 Å². The van der Waals surface area contributed by atoms with Gasteiger partial charge in [0.05, 0.1) is 5.52 Å². The molecule has 2 aliphatic rings. The summed E-state index contributed by atoms with van der Waals surface area (Å²) >= 11 is 0. The number of aromatic nitrogens is 1. The van der Waals surface area contributed by atoms with Crippen molar-refractivity contribution in [1.29, 1.82) is 0 Å². The van der Waals surface area contributed by atoms with Gasteiger partial charge < -0.3 is 9.47 Å². The van der Waals surface area contributed by atoms with E-state index in [0.29, 0.717) is 0 Å². The molecule has 5 nitrogen and oxygen atoms in total. The Kier molecular flexibility index (Phi) is 6.91. The minimum atomic E-state index is 0.185. The fourth-order valence-electron chi connectivity index (χ4n) is 5.15. The molecule has 0 N–H and O–H groups in total. The monoisotopic (exact) mass is 410 g/mol. The van der Waals surface area contributed by atoms with Crippen LogP contribution in [0.3, 0.4) is 0 Å². The smallest absolute Gasteiger partial charge is 0.255 e. The third-order valence-electron chi connectivity index (χ3n) is 6.99. The number of likely N-dealkylation sites (N-methyl/N-ethyl adjacent to an activating group) is 1. The van der Waals surface area contributed by atoms with Crippen molar-refractivity contribution in [2.24, 2.45) is 0 Å². The first-order chi connectivity index (χ1) is 14.5. The van der Waals surface area contributed by atoms with E-state index in [2.05, 4.69) is 60.0 Å². The summed E-state index contributed by atoms with van der Waals surface area (Å²) < 4.78 is 2.00. The number of hydrogen-bond acceptors (Lipinski definition) is 4. The Morgan fingerprint density at radius 2 is 1.73 bits per heavy atom. The van der Waals surface area contributed by atoms with Crippen LogP contribution in [0.5, 0.6) is 0 Å². The highest BCUT2D eigenvalue weighted by Gasteiger charge is 2.25. The molecule has 2 fully saturated rings. The van der Waals surface area contributed by atoms with Crippen LogP contribution in [0.15, 0.2) is 29.1 Å². The molecule has 1 aliphatic heterocycles. The Morgan fingerprint density at radius 3 is 2.43 bits per heavy atom. The Hall–Kier alpha value is -1.69. The molecule has 0 spiro atoms. The van der Waals surface area contributed by atoms with Gasteiger partial charge in [-0.25, -0.2) is 0 Å². The van der Waals surface area contributed by atoms with Gasteiger partial charge in [-0.05, 0) is 56.9 Å². The standard InChI is InChI=1S/C25H38N4O/c1-20-9-10-21-18-22(25(30)29(24(21)17-20)16-11-26(2)3)19-27-12-14-28(15-13-27)23-7-5-4-6-8-23/h9-10,17-18,23H,4-8,11-16,19H2,1-3H3. The summed E-state index contributed by atoms with van der Waals surface area (Å²) in [5, 5.41) is 1.18. The highest BCUT2D eigenvalue weighted by atomic mass is 16.1.